The Kier molecular flexibility index (Phi) is 3.74. The molecule has 0 bridgehead atoms. The Morgan fingerprint density at radius 3 is 3.00 bits per heavy atom. The van der Waals surface area contributed by atoms with Crippen molar-refractivity contribution in [2.24, 2.45) is 11.7 Å². The van der Waals surface area contributed by atoms with Crippen LogP contribution in [0.1, 0.15) is 6.92 Å². The normalized spacial score (nSPS) is 26.3. The maximum atomic E-state index is 11.4. The Morgan fingerprint density at radius 2 is 2.46 bits per heavy atom. The molecule has 0 aromatic rings. The van der Waals surface area contributed by atoms with Crippen molar-refractivity contribution in [2.75, 3.05) is 19.8 Å². The topological polar surface area (TPSA) is 64.3 Å². The van der Waals surface area contributed by atoms with Gasteiger partial charge in [-0.2, -0.15) is 0 Å². The van der Waals surface area contributed by atoms with Gasteiger partial charge >= 0.3 is 0 Å². The smallest absolute Gasteiger partial charge is 0.227 e. The number of carbonyl (C=O) groups is 1. The van der Waals surface area contributed by atoms with Crippen LogP contribution in [0.2, 0.25) is 0 Å². The SMILES string of the molecule is CC#CCNC(=O)C1COCC1N. The molecule has 0 aromatic heterocycles. The third-order valence-electron chi connectivity index (χ3n) is 1.99. The average Bonchev–Trinajstić information content (AvgIpc) is 2.52. The summed E-state index contributed by atoms with van der Waals surface area (Å²) >= 11 is 0. The number of rotatable bonds is 2. The van der Waals surface area contributed by atoms with E-state index in [4.69, 9.17) is 10.5 Å². The van der Waals surface area contributed by atoms with Gasteiger partial charge in [0.2, 0.25) is 5.91 Å². The zero-order valence-corrected chi connectivity index (χ0v) is 7.67. The van der Waals surface area contributed by atoms with Crippen molar-refractivity contribution in [1.82, 2.24) is 5.32 Å². The number of hydrogen-bond acceptors (Lipinski definition) is 3. The van der Waals surface area contributed by atoms with Gasteiger partial charge in [0.25, 0.3) is 0 Å². The number of ether oxygens (including phenoxy) is 1. The van der Waals surface area contributed by atoms with E-state index in [1.165, 1.54) is 0 Å². The molecule has 0 saturated carbocycles. The first-order chi connectivity index (χ1) is 6.25. The van der Waals surface area contributed by atoms with Gasteiger partial charge < -0.3 is 15.8 Å². The highest BCUT2D eigenvalue weighted by Crippen LogP contribution is 2.10. The Morgan fingerprint density at radius 1 is 1.69 bits per heavy atom. The molecule has 13 heavy (non-hydrogen) atoms. The summed E-state index contributed by atoms with van der Waals surface area (Å²) in [6, 6.07) is -0.172. The van der Waals surface area contributed by atoms with Gasteiger partial charge in [0, 0.05) is 6.04 Å². The highest BCUT2D eigenvalue weighted by atomic mass is 16.5. The number of hydrogen-bond donors (Lipinski definition) is 2. The molecule has 2 unspecified atom stereocenters. The van der Waals surface area contributed by atoms with Crippen LogP contribution < -0.4 is 11.1 Å². The molecule has 0 aromatic carbocycles. The molecule has 72 valence electrons. The van der Waals surface area contributed by atoms with Crippen LogP contribution in [0.5, 0.6) is 0 Å². The van der Waals surface area contributed by atoms with E-state index in [1.54, 1.807) is 6.92 Å². The summed E-state index contributed by atoms with van der Waals surface area (Å²) in [6.07, 6.45) is 0. The Balaban J connectivity index is 2.33. The maximum Gasteiger partial charge on any atom is 0.227 e. The molecular formula is C9H14N2O2. The van der Waals surface area contributed by atoms with Crippen molar-refractivity contribution in [1.29, 1.82) is 0 Å². The van der Waals surface area contributed by atoms with Crippen LogP contribution in [0.3, 0.4) is 0 Å². The fourth-order valence-electron chi connectivity index (χ4n) is 1.19. The highest BCUT2D eigenvalue weighted by Gasteiger charge is 2.30. The summed E-state index contributed by atoms with van der Waals surface area (Å²) in [5, 5.41) is 2.68. The Bertz CT molecular complexity index is 242. The summed E-state index contributed by atoms with van der Waals surface area (Å²) in [5.74, 6) is 5.18. The minimum absolute atomic E-state index is 0.0623. The molecule has 1 fully saturated rings. The van der Waals surface area contributed by atoms with Gasteiger partial charge in [-0.25, -0.2) is 0 Å². The third kappa shape index (κ3) is 2.72. The highest BCUT2D eigenvalue weighted by molar-refractivity contribution is 5.80. The Labute approximate surface area is 77.8 Å². The van der Waals surface area contributed by atoms with Gasteiger partial charge in [-0.05, 0) is 6.92 Å². The molecule has 3 N–H and O–H groups in total. The monoisotopic (exact) mass is 182 g/mol. The van der Waals surface area contributed by atoms with Gasteiger partial charge in [0.15, 0.2) is 0 Å². The molecule has 1 aliphatic rings. The molecular weight excluding hydrogens is 168 g/mol. The zero-order chi connectivity index (χ0) is 9.68. The van der Waals surface area contributed by atoms with Crippen LogP contribution in [0, 0.1) is 17.8 Å². The molecule has 4 nitrogen and oxygen atoms in total. The van der Waals surface area contributed by atoms with Gasteiger partial charge in [0.05, 0.1) is 25.7 Å². The lowest BCUT2D eigenvalue weighted by Crippen LogP contribution is -2.41. The molecule has 4 heteroatoms. The van der Waals surface area contributed by atoms with Crippen LogP contribution in [-0.4, -0.2) is 31.7 Å². The van der Waals surface area contributed by atoms with Crippen LogP contribution in [-0.2, 0) is 9.53 Å². The minimum Gasteiger partial charge on any atom is -0.379 e. The predicted molar refractivity (Wildman–Crippen MR) is 48.7 cm³/mol. The fourth-order valence-corrected chi connectivity index (χ4v) is 1.19. The lowest BCUT2D eigenvalue weighted by Gasteiger charge is -2.11. The molecule has 0 aliphatic carbocycles. The van der Waals surface area contributed by atoms with E-state index >= 15 is 0 Å². The molecule has 0 spiro atoms. The number of nitrogens with two attached hydrogens (primary N) is 1. The van der Waals surface area contributed by atoms with Crippen molar-refractivity contribution in [3.05, 3.63) is 0 Å². The maximum absolute atomic E-state index is 11.4. The number of nitrogens with one attached hydrogen (secondary N) is 1. The second-order valence-corrected chi connectivity index (χ2v) is 2.95. The quantitative estimate of drug-likeness (QED) is 0.544. The van der Waals surface area contributed by atoms with E-state index < -0.39 is 0 Å². The standard InChI is InChI=1S/C9H14N2O2/c1-2-3-4-11-9(12)7-5-13-6-8(7)10/h7-8H,4-6,10H2,1H3,(H,11,12). The second kappa shape index (κ2) is 4.85. The third-order valence-corrected chi connectivity index (χ3v) is 1.99. The first-order valence-corrected chi connectivity index (χ1v) is 4.26. The molecule has 1 aliphatic heterocycles. The number of carbonyl (C=O) groups excluding carboxylic acids is 1. The zero-order valence-electron chi connectivity index (χ0n) is 7.67. The van der Waals surface area contributed by atoms with Crippen LogP contribution in [0.15, 0.2) is 0 Å². The van der Waals surface area contributed by atoms with Gasteiger partial charge in [-0.3, -0.25) is 4.79 Å². The summed E-state index contributed by atoms with van der Waals surface area (Å²) < 4.78 is 5.07. The summed E-state index contributed by atoms with van der Waals surface area (Å²) in [7, 11) is 0. The lowest BCUT2D eigenvalue weighted by molar-refractivity contribution is -0.124. The molecule has 1 amide bonds. The minimum atomic E-state index is -0.210. The van der Waals surface area contributed by atoms with Crippen molar-refractivity contribution in [2.45, 2.75) is 13.0 Å². The van der Waals surface area contributed by atoms with Crippen LogP contribution >= 0.6 is 0 Å². The Hall–Kier alpha value is -1.05. The van der Waals surface area contributed by atoms with Gasteiger partial charge in [-0.15, -0.1) is 5.92 Å². The van der Waals surface area contributed by atoms with Gasteiger partial charge in [-0.1, -0.05) is 5.92 Å². The molecule has 0 radical (unpaired) electrons. The lowest BCUT2D eigenvalue weighted by atomic mass is 10.0. The summed E-state index contributed by atoms with van der Waals surface area (Å²) in [5.41, 5.74) is 5.66. The second-order valence-electron chi connectivity index (χ2n) is 2.95. The van der Waals surface area contributed by atoms with Crippen LogP contribution in [0.4, 0.5) is 0 Å². The molecule has 1 rings (SSSR count). The fraction of sp³-hybridized carbons (Fsp3) is 0.667. The molecule has 2 atom stereocenters. The van der Waals surface area contributed by atoms with E-state index in [9.17, 15) is 4.79 Å². The number of amides is 1. The predicted octanol–water partition coefficient (Wildman–Crippen LogP) is -0.900. The van der Waals surface area contributed by atoms with E-state index in [2.05, 4.69) is 17.2 Å². The van der Waals surface area contributed by atoms with Crippen LogP contribution in [0.25, 0.3) is 0 Å². The first-order valence-electron chi connectivity index (χ1n) is 4.26. The summed E-state index contributed by atoms with van der Waals surface area (Å²) in [4.78, 5) is 11.4. The van der Waals surface area contributed by atoms with Gasteiger partial charge in [0.1, 0.15) is 0 Å². The molecule has 1 saturated heterocycles. The largest absolute Gasteiger partial charge is 0.379 e. The van der Waals surface area contributed by atoms with E-state index in [1.807, 2.05) is 0 Å². The van der Waals surface area contributed by atoms with Crippen molar-refractivity contribution in [3.8, 4) is 11.8 Å². The van der Waals surface area contributed by atoms with E-state index in [-0.39, 0.29) is 17.9 Å². The molecule has 1 heterocycles. The first kappa shape index (κ1) is 10.0. The average molecular weight is 182 g/mol. The van der Waals surface area contributed by atoms with Crippen molar-refractivity contribution < 1.29 is 9.53 Å². The summed E-state index contributed by atoms with van der Waals surface area (Å²) in [6.45, 7) is 3.01. The van der Waals surface area contributed by atoms with Crippen molar-refractivity contribution in [3.63, 3.8) is 0 Å². The van der Waals surface area contributed by atoms with Crippen molar-refractivity contribution >= 4 is 5.91 Å². The van der Waals surface area contributed by atoms with E-state index in [0.29, 0.717) is 19.8 Å². The van der Waals surface area contributed by atoms with E-state index in [0.717, 1.165) is 0 Å².